The second-order valence-electron chi connectivity index (χ2n) is 13.4. The molecule has 4 rings (SSSR count). The third kappa shape index (κ3) is 13.2. The molecule has 0 bridgehead atoms. The van der Waals surface area contributed by atoms with Crippen molar-refractivity contribution >= 4 is 30.3 Å². The SMILES string of the molecule is C[C@@H](NC(=O)C1CCC(N)CC1)c1ccc(F)cc1.C[C@@H](NC(=O)C1CCC(NC(=O)OC(C)(C)C)CC1)c1ccc(F)cc1.Cl. The molecule has 2 aliphatic carbocycles. The van der Waals surface area contributed by atoms with Gasteiger partial charge < -0.3 is 26.4 Å². The molecule has 0 heterocycles. The van der Waals surface area contributed by atoms with Gasteiger partial charge in [-0.1, -0.05) is 24.3 Å². The first kappa shape index (κ1) is 38.9. The lowest BCUT2D eigenvalue weighted by atomic mass is 9.85. The van der Waals surface area contributed by atoms with E-state index in [1.165, 1.54) is 24.3 Å². The highest BCUT2D eigenvalue weighted by Crippen LogP contribution is 2.27. The Morgan fingerprint density at radius 2 is 1.09 bits per heavy atom. The highest BCUT2D eigenvalue weighted by molar-refractivity contribution is 5.85. The van der Waals surface area contributed by atoms with E-state index >= 15 is 0 Å². The van der Waals surface area contributed by atoms with E-state index in [0.29, 0.717) is 0 Å². The Balaban J connectivity index is 0.000000328. The Kier molecular flexibility index (Phi) is 15.4. The maximum absolute atomic E-state index is 13.0. The van der Waals surface area contributed by atoms with Crippen molar-refractivity contribution < 1.29 is 27.9 Å². The maximum atomic E-state index is 13.0. The molecule has 2 fully saturated rings. The van der Waals surface area contributed by atoms with Gasteiger partial charge in [-0.2, -0.15) is 0 Å². The number of nitrogens with one attached hydrogen (secondary N) is 3. The molecule has 0 aromatic heterocycles. The van der Waals surface area contributed by atoms with E-state index in [4.69, 9.17) is 10.5 Å². The fourth-order valence-corrected chi connectivity index (χ4v) is 5.69. The van der Waals surface area contributed by atoms with Crippen molar-refractivity contribution in [2.75, 3.05) is 0 Å². The number of benzene rings is 2. The number of carbonyl (C=O) groups is 3. The third-order valence-electron chi connectivity index (χ3n) is 8.42. The molecule has 5 N–H and O–H groups in total. The summed E-state index contributed by atoms with van der Waals surface area (Å²) in [4.78, 5) is 36.4. The monoisotopic (exact) mass is 664 g/mol. The summed E-state index contributed by atoms with van der Waals surface area (Å²) in [5.74, 6) is -0.440. The molecule has 46 heavy (non-hydrogen) atoms. The summed E-state index contributed by atoms with van der Waals surface area (Å²) in [7, 11) is 0. The number of hydrogen-bond donors (Lipinski definition) is 4. The molecule has 0 saturated heterocycles. The fraction of sp³-hybridized carbons (Fsp3) is 0.571. The standard InChI is InChI=1S/C20H29FN2O3.C15H21FN2O.ClH/c1-13(14-5-9-16(21)10-6-14)22-18(24)15-7-11-17(12-8-15)23-19(25)26-20(2,3)4;1-10(11-2-6-13(16)7-3-11)18-15(19)12-4-8-14(17)9-5-12;/h5-6,9-10,13,15,17H,7-8,11-12H2,1-4H3,(H,22,24)(H,23,25);2-3,6-7,10,12,14H,4-5,8-9,17H2,1H3,(H,18,19);1H/t13-,15?,17?;10-,12?,14?;/m11./s1. The van der Waals surface area contributed by atoms with Crippen LogP contribution in [0.1, 0.15) is 109 Å². The molecular weight excluding hydrogens is 614 g/mol. The zero-order valence-electron chi connectivity index (χ0n) is 27.6. The van der Waals surface area contributed by atoms with Crippen LogP contribution in [0.2, 0.25) is 0 Å². The van der Waals surface area contributed by atoms with Gasteiger partial charge in [0.25, 0.3) is 0 Å². The number of alkyl carbamates (subject to hydrolysis) is 1. The number of hydrogen-bond acceptors (Lipinski definition) is 5. The van der Waals surface area contributed by atoms with Crippen molar-refractivity contribution in [2.24, 2.45) is 17.6 Å². The van der Waals surface area contributed by atoms with Crippen molar-refractivity contribution in [1.29, 1.82) is 0 Å². The predicted octanol–water partition coefficient (Wildman–Crippen LogP) is 7.03. The number of rotatable bonds is 7. The minimum absolute atomic E-state index is 0. The Morgan fingerprint density at radius 3 is 1.46 bits per heavy atom. The molecule has 0 aliphatic heterocycles. The fourth-order valence-electron chi connectivity index (χ4n) is 5.69. The van der Waals surface area contributed by atoms with Gasteiger partial charge in [-0.25, -0.2) is 13.6 Å². The first-order valence-corrected chi connectivity index (χ1v) is 16.1. The van der Waals surface area contributed by atoms with Gasteiger partial charge >= 0.3 is 6.09 Å². The number of carbonyl (C=O) groups excluding carboxylic acids is 3. The van der Waals surface area contributed by atoms with Crippen LogP contribution in [0.25, 0.3) is 0 Å². The summed E-state index contributed by atoms with van der Waals surface area (Å²) >= 11 is 0. The van der Waals surface area contributed by atoms with Crippen molar-refractivity contribution in [3.8, 4) is 0 Å². The number of amides is 3. The summed E-state index contributed by atoms with van der Waals surface area (Å²) in [5.41, 5.74) is 7.11. The van der Waals surface area contributed by atoms with E-state index < -0.39 is 11.7 Å². The van der Waals surface area contributed by atoms with Crippen molar-refractivity contribution in [1.82, 2.24) is 16.0 Å². The molecule has 0 unspecified atom stereocenters. The summed E-state index contributed by atoms with van der Waals surface area (Å²) in [6.07, 6.45) is 6.11. The topological polar surface area (TPSA) is 123 Å². The molecule has 8 nitrogen and oxygen atoms in total. The van der Waals surface area contributed by atoms with Crippen molar-refractivity contribution in [3.63, 3.8) is 0 Å². The van der Waals surface area contributed by atoms with Gasteiger partial charge in [0, 0.05) is 23.9 Å². The highest BCUT2D eigenvalue weighted by Gasteiger charge is 2.29. The lowest BCUT2D eigenvalue weighted by molar-refractivity contribution is -0.127. The number of ether oxygens (including phenoxy) is 1. The second-order valence-corrected chi connectivity index (χ2v) is 13.4. The van der Waals surface area contributed by atoms with Gasteiger partial charge in [0.15, 0.2) is 0 Å². The van der Waals surface area contributed by atoms with E-state index in [0.717, 1.165) is 62.5 Å². The van der Waals surface area contributed by atoms with Gasteiger partial charge in [0.1, 0.15) is 17.2 Å². The van der Waals surface area contributed by atoms with E-state index in [2.05, 4.69) is 16.0 Å². The Hall–Kier alpha value is -3.24. The summed E-state index contributed by atoms with van der Waals surface area (Å²) in [6.45, 7) is 9.29. The van der Waals surface area contributed by atoms with E-state index in [9.17, 15) is 23.2 Å². The molecule has 2 saturated carbocycles. The highest BCUT2D eigenvalue weighted by atomic mass is 35.5. The molecule has 2 aromatic carbocycles. The molecule has 11 heteroatoms. The Bertz CT molecular complexity index is 1240. The first-order chi connectivity index (χ1) is 21.2. The minimum Gasteiger partial charge on any atom is -0.444 e. The molecule has 256 valence electrons. The second kappa shape index (κ2) is 18.2. The molecular formula is C35H51ClF2N4O4. The molecule has 2 aromatic rings. The molecule has 0 spiro atoms. The van der Waals surface area contributed by atoms with Crippen LogP contribution in [-0.2, 0) is 14.3 Å². The molecule has 3 amide bonds. The van der Waals surface area contributed by atoms with Gasteiger partial charge in [-0.15, -0.1) is 12.4 Å². The minimum atomic E-state index is -0.516. The van der Waals surface area contributed by atoms with Gasteiger partial charge in [-0.05, 0) is 121 Å². The van der Waals surface area contributed by atoms with E-state index in [1.54, 1.807) is 24.3 Å². The first-order valence-electron chi connectivity index (χ1n) is 16.1. The van der Waals surface area contributed by atoms with E-state index in [1.807, 2.05) is 34.6 Å². The largest absolute Gasteiger partial charge is 0.444 e. The van der Waals surface area contributed by atoms with E-state index in [-0.39, 0.29) is 71.9 Å². The van der Waals surface area contributed by atoms with Crippen LogP contribution in [0.5, 0.6) is 0 Å². The Labute approximate surface area is 278 Å². The quantitative estimate of drug-likeness (QED) is 0.253. The zero-order valence-corrected chi connectivity index (χ0v) is 28.4. The summed E-state index contributed by atoms with van der Waals surface area (Å²) in [6, 6.07) is 12.4. The van der Waals surface area contributed by atoms with Crippen molar-refractivity contribution in [2.45, 2.75) is 116 Å². The van der Waals surface area contributed by atoms with Crippen LogP contribution >= 0.6 is 12.4 Å². The average Bonchev–Trinajstić information content (AvgIpc) is 2.97. The van der Waals surface area contributed by atoms with Crippen LogP contribution in [0.4, 0.5) is 13.6 Å². The van der Waals surface area contributed by atoms with Crippen LogP contribution < -0.4 is 21.7 Å². The molecule has 2 atom stereocenters. The summed E-state index contributed by atoms with van der Waals surface area (Å²) < 4.78 is 31.1. The van der Waals surface area contributed by atoms with Gasteiger partial charge in [0.2, 0.25) is 11.8 Å². The zero-order chi connectivity index (χ0) is 33.1. The normalized spacial score (nSPS) is 22.4. The lowest BCUT2D eigenvalue weighted by Gasteiger charge is -2.30. The lowest BCUT2D eigenvalue weighted by Crippen LogP contribution is -2.43. The van der Waals surface area contributed by atoms with Gasteiger partial charge in [-0.3, -0.25) is 9.59 Å². The average molecular weight is 665 g/mol. The van der Waals surface area contributed by atoms with Crippen LogP contribution in [0.15, 0.2) is 48.5 Å². The van der Waals surface area contributed by atoms with Crippen molar-refractivity contribution in [3.05, 3.63) is 71.3 Å². The van der Waals surface area contributed by atoms with Gasteiger partial charge in [0.05, 0.1) is 12.1 Å². The third-order valence-corrected chi connectivity index (χ3v) is 8.42. The predicted molar refractivity (Wildman–Crippen MR) is 178 cm³/mol. The smallest absolute Gasteiger partial charge is 0.407 e. The summed E-state index contributed by atoms with van der Waals surface area (Å²) in [5, 5.41) is 8.87. The van der Waals surface area contributed by atoms with Crippen LogP contribution in [-0.4, -0.2) is 35.6 Å². The maximum Gasteiger partial charge on any atom is 0.407 e. The number of nitrogens with two attached hydrogens (primary N) is 1. The number of halogens is 3. The van der Waals surface area contributed by atoms with Crippen LogP contribution in [0, 0.1) is 23.5 Å². The molecule has 2 aliphatic rings. The Morgan fingerprint density at radius 1 is 0.717 bits per heavy atom. The van der Waals surface area contributed by atoms with Crippen LogP contribution in [0.3, 0.4) is 0 Å². The molecule has 0 radical (unpaired) electrons.